The van der Waals surface area contributed by atoms with Crippen LogP contribution in [0.2, 0.25) is 5.02 Å². The van der Waals surface area contributed by atoms with Crippen LogP contribution in [-0.2, 0) is 9.59 Å². The fraction of sp³-hybridized carbons (Fsp3) is 0.333. The molecule has 1 aliphatic heterocycles. The summed E-state index contributed by atoms with van der Waals surface area (Å²) in [7, 11) is 1.48. The van der Waals surface area contributed by atoms with Crippen LogP contribution >= 0.6 is 11.6 Å². The van der Waals surface area contributed by atoms with E-state index in [0.717, 1.165) is 6.07 Å². The number of hydrogen-bond donors (Lipinski definition) is 1. The summed E-state index contributed by atoms with van der Waals surface area (Å²) >= 11 is 5.65. The lowest BCUT2D eigenvalue weighted by atomic mass is 9.93. The largest absolute Gasteiger partial charge is 0.481 e. The molecule has 0 saturated carbocycles. The third-order valence-corrected chi connectivity index (χ3v) is 3.42. The molecule has 1 saturated heterocycles. The number of nitrogens with zero attached hydrogens (tertiary/aromatic N) is 1. The van der Waals surface area contributed by atoms with Gasteiger partial charge >= 0.3 is 5.97 Å². The first kappa shape index (κ1) is 12.8. The first-order valence-electron chi connectivity index (χ1n) is 5.35. The average molecular weight is 272 g/mol. The third kappa shape index (κ3) is 2.06. The van der Waals surface area contributed by atoms with Gasteiger partial charge in [-0.1, -0.05) is 17.7 Å². The molecule has 1 amide bonds. The number of benzene rings is 1. The molecule has 1 N–H and O–H groups in total. The average Bonchev–Trinajstić information content (AvgIpc) is 2.57. The normalized spacial score (nSPS) is 23.5. The molecule has 1 aromatic carbocycles. The van der Waals surface area contributed by atoms with Crippen molar-refractivity contribution in [3.8, 4) is 0 Å². The lowest BCUT2D eigenvalue weighted by molar-refractivity contribution is -0.142. The van der Waals surface area contributed by atoms with Gasteiger partial charge in [-0.05, 0) is 12.1 Å². The van der Waals surface area contributed by atoms with E-state index in [1.165, 1.54) is 24.1 Å². The van der Waals surface area contributed by atoms with Crippen LogP contribution in [0.15, 0.2) is 18.2 Å². The van der Waals surface area contributed by atoms with Gasteiger partial charge < -0.3 is 10.0 Å². The monoisotopic (exact) mass is 271 g/mol. The number of carboxylic acid groups (broad SMARTS) is 1. The minimum Gasteiger partial charge on any atom is -0.481 e. The van der Waals surface area contributed by atoms with Crippen molar-refractivity contribution in [2.75, 3.05) is 7.05 Å². The second-order valence-corrected chi connectivity index (χ2v) is 4.70. The lowest BCUT2D eigenvalue weighted by Crippen LogP contribution is -2.27. The molecule has 2 unspecified atom stereocenters. The predicted octanol–water partition coefficient (Wildman–Crippen LogP) is 2.08. The van der Waals surface area contributed by atoms with Gasteiger partial charge in [-0.25, -0.2) is 4.39 Å². The Hall–Kier alpha value is -1.62. The highest BCUT2D eigenvalue weighted by atomic mass is 35.5. The zero-order valence-electron chi connectivity index (χ0n) is 9.56. The van der Waals surface area contributed by atoms with Gasteiger partial charge in [-0.15, -0.1) is 0 Å². The van der Waals surface area contributed by atoms with Gasteiger partial charge in [-0.3, -0.25) is 9.59 Å². The second kappa shape index (κ2) is 4.57. The fourth-order valence-electron chi connectivity index (χ4n) is 2.26. The zero-order chi connectivity index (χ0) is 13.4. The van der Waals surface area contributed by atoms with Gasteiger partial charge in [0.15, 0.2) is 0 Å². The van der Waals surface area contributed by atoms with Crippen molar-refractivity contribution in [2.45, 2.75) is 12.5 Å². The molecule has 1 aromatic rings. The molecule has 18 heavy (non-hydrogen) atoms. The molecule has 0 aliphatic carbocycles. The summed E-state index contributed by atoms with van der Waals surface area (Å²) in [4.78, 5) is 24.0. The highest BCUT2D eigenvalue weighted by molar-refractivity contribution is 6.30. The Morgan fingerprint density at radius 1 is 1.56 bits per heavy atom. The summed E-state index contributed by atoms with van der Waals surface area (Å²) in [6, 6.07) is 3.24. The molecule has 96 valence electrons. The molecule has 1 aliphatic rings. The van der Waals surface area contributed by atoms with Gasteiger partial charge in [0.1, 0.15) is 5.82 Å². The van der Waals surface area contributed by atoms with E-state index >= 15 is 0 Å². The Balaban J connectivity index is 2.46. The molecule has 0 aromatic heterocycles. The number of likely N-dealkylation sites (tertiary alicyclic amines) is 1. The predicted molar refractivity (Wildman–Crippen MR) is 62.7 cm³/mol. The van der Waals surface area contributed by atoms with Gasteiger partial charge in [0.2, 0.25) is 5.91 Å². The number of halogens is 2. The van der Waals surface area contributed by atoms with Crippen LogP contribution in [0, 0.1) is 11.7 Å². The topological polar surface area (TPSA) is 57.6 Å². The van der Waals surface area contributed by atoms with Crippen LogP contribution in [0.25, 0.3) is 0 Å². The Bertz CT molecular complexity index is 520. The molecule has 0 radical (unpaired) electrons. The van der Waals surface area contributed by atoms with E-state index in [9.17, 15) is 14.0 Å². The van der Waals surface area contributed by atoms with Crippen molar-refractivity contribution in [3.63, 3.8) is 0 Å². The minimum absolute atomic E-state index is 0.113. The van der Waals surface area contributed by atoms with Gasteiger partial charge in [0.25, 0.3) is 0 Å². The molecule has 2 rings (SSSR count). The Kier molecular flexibility index (Phi) is 3.26. The van der Waals surface area contributed by atoms with Crippen LogP contribution in [-0.4, -0.2) is 28.9 Å². The maximum atomic E-state index is 13.8. The number of amides is 1. The van der Waals surface area contributed by atoms with Crippen molar-refractivity contribution >= 4 is 23.5 Å². The number of carbonyl (C=O) groups excluding carboxylic acids is 1. The van der Waals surface area contributed by atoms with Crippen molar-refractivity contribution in [1.82, 2.24) is 4.90 Å². The standard InChI is InChI=1S/C12H11ClFNO3/c1-15-10(16)5-8(12(17)18)11(15)7-3-2-6(13)4-9(7)14/h2-4,8,11H,5H2,1H3,(H,17,18). The van der Waals surface area contributed by atoms with Crippen molar-refractivity contribution in [2.24, 2.45) is 5.92 Å². The lowest BCUT2D eigenvalue weighted by Gasteiger charge is -2.23. The third-order valence-electron chi connectivity index (χ3n) is 3.18. The van der Waals surface area contributed by atoms with E-state index in [1.54, 1.807) is 0 Å². The number of hydrogen-bond acceptors (Lipinski definition) is 2. The zero-order valence-corrected chi connectivity index (χ0v) is 10.3. The van der Waals surface area contributed by atoms with Crippen molar-refractivity contribution < 1.29 is 19.1 Å². The van der Waals surface area contributed by atoms with Crippen molar-refractivity contribution in [3.05, 3.63) is 34.6 Å². The van der Waals surface area contributed by atoms with Crippen LogP contribution in [0.4, 0.5) is 4.39 Å². The summed E-state index contributed by atoms with van der Waals surface area (Å²) in [6.45, 7) is 0. The molecule has 1 fully saturated rings. The molecular weight excluding hydrogens is 261 g/mol. The maximum absolute atomic E-state index is 13.8. The van der Waals surface area contributed by atoms with E-state index < -0.39 is 23.7 Å². The highest BCUT2D eigenvalue weighted by Crippen LogP contribution is 2.38. The van der Waals surface area contributed by atoms with Crippen LogP contribution in [0.1, 0.15) is 18.0 Å². The molecule has 0 spiro atoms. The summed E-state index contributed by atoms with van der Waals surface area (Å²) in [5.74, 6) is -2.94. The number of rotatable bonds is 2. The van der Waals surface area contributed by atoms with Crippen LogP contribution in [0.5, 0.6) is 0 Å². The fourth-order valence-corrected chi connectivity index (χ4v) is 2.42. The van der Waals surface area contributed by atoms with E-state index in [2.05, 4.69) is 0 Å². The minimum atomic E-state index is -1.10. The first-order valence-corrected chi connectivity index (χ1v) is 5.73. The molecule has 0 bridgehead atoms. The van der Waals surface area contributed by atoms with Crippen LogP contribution < -0.4 is 0 Å². The summed E-state index contributed by atoms with van der Waals surface area (Å²) in [6.07, 6.45) is -0.113. The Labute approximate surface area is 108 Å². The van der Waals surface area contributed by atoms with E-state index in [-0.39, 0.29) is 22.9 Å². The maximum Gasteiger partial charge on any atom is 0.309 e. The SMILES string of the molecule is CN1C(=O)CC(C(=O)O)C1c1ccc(Cl)cc1F. The van der Waals surface area contributed by atoms with Gasteiger partial charge in [0, 0.05) is 24.1 Å². The first-order chi connectivity index (χ1) is 8.41. The van der Waals surface area contributed by atoms with E-state index in [1.807, 2.05) is 0 Å². The van der Waals surface area contributed by atoms with Crippen molar-refractivity contribution in [1.29, 1.82) is 0 Å². The molecular formula is C12H11ClFNO3. The summed E-state index contributed by atoms with van der Waals surface area (Å²) in [5, 5.41) is 9.33. The quantitative estimate of drug-likeness (QED) is 0.896. The summed E-state index contributed by atoms with van der Waals surface area (Å²) in [5.41, 5.74) is 0.181. The Morgan fingerprint density at radius 2 is 2.22 bits per heavy atom. The summed E-state index contributed by atoms with van der Waals surface area (Å²) < 4.78 is 13.8. The van der Waals surface area contributed by atoms with Gasteiger partial charge in [0.05, 0.1) is 12.0 Å². The Morgan fingerprint density at radius 3 is 2.78 bits per heavy atom. The number of carboxylic acids is 1. The number of carbonyl (C=O) groups is 2. The highest BCUT2D eigenvalue weighted by Gasteiger charge is 2.43. The smallest absolute Gasteiger partial charge is 0.309 e. The molecule has 4 nitrogen and oxygen atoms in total. The molecule has 1 heterocycles. The van der Waals surface area contributed by atoms with Gasteiger partial charge in [-0.2, -0.15) is 0 Å². The van der Waals surface area contributed by atoms with Crippen LogP contribution in [0.3, 0.4) is 0 Å². The second-order valence-electron chi connectivity index (χ2n) is 4.26. The van der Waals surface area contributed by atoms with E-state index in [0.29, 0.717) is 0 Å². The van der Waals surface area contributed by atoms with E-state index in [4.69, 9.17) is 16.7 Å². The number of aliphatic carboxylic acids is 1. The molecule has 2 atom stereocenters. The molecule has 6 heteroatoms.